The third-order valence-electron chi connectivity index (χ3n) is 2.80. The van der Waals surface area contributed by atoms with Crippen molar-refractivity contribution < 1.29 is 9.47 Å². The largest absolute Gasteiger partial charge is 0.490 e. The Bertz CT molecular complexity index is 368. The molecule has 1 aromatic rings. The highest BCUT2D eigenvalue weighted by atomic mass is 16.5. The summed E-state index contributed by atoms with van der Waals surface area (Å²) in [5, 5.41) is 3.35. The van der Waals surface area contributed by atoms with Crippen LogP contribution in [0.4, 0.5) is 5.69 Å². The van der Waals surface area contributed by atoms with Crippen molar-refractivity contribution in [2.75, 3.05) is 31.6 Å². The molecule has 3 N–H and O–H groups in total. The lowest BCUT2D eigenvalue weighted by atomic mass is 10.2. The number of nitrogens with one attached hydrogen (secondary N) is 1. The van der Waals surface area contributed by atoms with E-state index in [1.165, 1.54) is 0 Å². The number of ether oxygens (including phenoxy) is 2. The minimum atomic E-state index is 0.464. The van der Waals surface area contributed by atoms with Crippen LogP contribution in [-0.2, 0) is 0 Å². The summed E-state index contributed by atoms with van der Waals surface area (Å²) in [5.74, 6) is 2.12. The molecule has 0 saturated carbocycles. The van der Waals surface area contributed by atoms with Crippen LogP contribution in [0.1, 0.15) is 13.3 Å². The highest BCUT2D eigenvalue weighted by molar-refractivity contribution is 5.55. The van der Waals surface area contributed by atoms with E-state index in [1.54, 1.807) is 0 Å². The molecule has 1 unspecified atom stereocenters. The topological polar surface area (TPSA) is 56.5 Å². The Morgan fingerprint density at radius 2 is 2.06 bits per heavy atom. The Labute approximate surface area is 102 Å². The Kier molecular flexibility index (Phi) is 4.09. The second-order valence-corrected chi connectivity index (χ2v) is 4.43. The third-order valence-corrected chi connectivity index (χ3v) is 2.80. The lowest BCUT2D eigenvalue weighted by molar-refractivity contribution is 0.297. The van der Waals surface area contributed by atoms with Crippen LogP contribution in [-0.4, -0.2) is 26.3 Å². The zero-order valence-corrected chi connectivity index (χ0v) is 10.2. The summed E-state index contributed by atoms with van der Waals surface area (Å²) in [6, 6.07) is 5.96. The van der Waals surface area contributed by atoms with Gasteiger partial charge in [-0.3, -0.25) is 0 Å². The van der Waals surface area contributed by atoms with Crippen molar-refractivity contribution in [3.63, 3.8) is 0 Å². The van der Waals surface area contributed by atoms with E-state index in [0.29, 0.717) is 12.5 Å². The molecule has 0 spiro atoms. The quantitative estimate of drug-likeness (QED) is 0.837. The van der Waals surface area contributed by atoms with Crippen molar-refractivity contribution in [1.82, 2.24) is 0 Å². The Balaban J connectivity index is 2.02. The summed E-state index contributed by atoms with van der Waals surface area (Å²) in [5.41, 5.74) is 6.63. The summed E-state index contributed by atoms with van der Waals surface area (Å²) in [4.78, 5) is 0. The Hall–Kier alpha value is -1.42. The van der Waals surface area contributed by atoms with Gasteiger partial charge in [-0.15, -0.1) is 0 Å². The SMILES string of the molecule is CC(CN)CNc1ccc2c(c1)OCCCO2. The molecule has 2 rings (SSSR count). The highest BCUT2D eigenvalue weighted by Gasteiger charge is 2.10. The molecule has 94 valence electrons. The molecule has 0 bridgehead atoms. The van der Waals surface area contributed by atoms with Gasteiger partial charge in [-0.05, 0) is 24.6 Å². The van der Waals surface area contributed by atoms with E-state index in [2.05, 4.69) is 12.2 Å². The van der Waals surface area contributed by atoms with Gasteiger partial charge in [0.1, 0.15) is 0 Å². The maximum Gasteiger partial charge on any atom is 0.163 e. The standard InChI is InChI=1S/C13H20N2O2/c1-10(8-14)9-15-11-3-4-12-13(7-11)17-6-2-5-16-12/h3-4,7,10,15H,2,5-6,8-9,14H2,1H3. The van der Waals surface area contributed by atoms with E-state index >= 15 is 0 Å². The van der Waals surface area contributed by atoms with E-state index in [-0.39, 0.29) is 0 Å². The van der Waals surface area contributed by atoms with Gasteiger partial charge >= 0.3 is 0 Å². The number of fused-ring (bicyclic) bond motifs is 1. The van der Waals surface area contributed by atoms with Crippen LogP contribution in [0, 0.1) is 5.92 Å². The molecule has 0 aromatic heterocycles. The molecule has 0 radical (unpaired) electrons. The van der Waals surface area contributed by atoms with Gasteiger partial charge in [0.15, 0.2) is 11.5 Å². The van der Waals surface area contributed by atoms with E-state index in [0.717, 1.165) is 43.4 Å². The van der Waals surface area contributed by atoms with Gasteiger partial charge in [0, 0.05) is 24.7 Å². The van der Waals surface area contributed by atoms with Crippen molar-refractivity contribution in [2.45, 2.75) is 13.3 Å². The second-order valence-electron chi connectivity index (χ2n) is 4.43. The molecular formula is C13H20N2O2. The van der Waals surface area contributed by atoms with Crippen molar-refractivity contribution >= 4 is 5.69 Å². The zero-order chi connectivity index (χ0) is 12.1. The normalized spacial score (nSPS) is 16.1. The Morgan fingerprint density at radius 1 is 1.29 bits per heavy atom. The molecule has 4 nitrogen and oxygen atoms in total. The third kappa shape index (κ3) is 3.27. The molecule has 1 aliphatic rings. The van der Waals surface area contributed by atoms with Crippen LogP contribution in [0.15, 0.2) is 18.2 Å². The summed E-state index contributed by atoms with van der Waals surface area (Å²) in [7, 11) is 0. The summed E-state index contributed by atoms with van der Waals surface area (Å²) in [6.45, 7) is 5.13. The van der Waals surface area contributed by atoms with Gasteiger partial charge in [-0.1, -0.05) is 6.92 Å². The number of hydrogen-bond donors (Lipinski definition) is 2. The minimum absolute atomic E-state index is 0.464. The number of benzene rings is 1. The Morgan fingerprint density at radius 3 is 2.82 bits per heavy atom. The predicted molar refractivity (Wildman–Crippen MR) is 68.8 cm³/mol. The number of nitrogens with two attached hydrogens (primary N) is 1. The van der Waals surface area contributed by atoms with Crippen molar-refractivity contribution in [3.8, 4) is 11.5 Å². The smallest absolute Gasteiger partial charge is 0.163 e. The molecule has 1 heterocycles. The lowest BCUT2D eigenvalue weighted by Gasteiger charge is -2.13. The van der Waals surface area contributed by atoms with Gasteiger partial charge in [0.2, 0.25) is 0 Å². The molecular weight excluding hydrogens is 216 g/mol. The van der Waals surface area contributed by atoms with Gasteiger partial charge in [0.25, 0.3) is 0 Å². The van der Waals surface area contributed by atoms with E-state index in [1.807, 2.05) is 18.2 Å². The molecule has 17 heavy (non-hydrogen) atoms. The first-order chi connectivity index (χ1) is 8.29. The molecule has 0 fully saturated rings. The van der Waals surface area contributed by atoms with Crippen molar-refractivity contribution in [2.24, 2.45) is 11.7 Å². The molecule has 1 aromatic carbocycles. The zero-order valence-electron chi connectivity index (χ0n) is 10.2. The maximum atomic E-state index is 5.63. The molecule has 4 heteroatoms. The number of hydrogen-bond acceptors (Lipinski definition) is 4. The molecule has 0 saturated heterocycles. The first-order valence-corrected chi connectivity index (χ1v) is 6.13. The maximum absolute atomic E-state index is 5.63. The van der Waals surface area contributed by atoms with E-state index in [4.69, 9.17) is 15.2 Å². The number of rotatable bonds is 4. The molecule has 0 aliphatic carbocycles. The highest BCUT2D eigenvalue weighted by Crippen LogP contribution is 2.32. The van der Waals surface area contributed by atoms with Gasteiger partial charge in [-0.25, -0.2) is 0 Å². The van der Waals surface area contributed by atoms with Crippen molar-refractivity contribution in [3.05, 3.63) is 18.2 Å². The number of anilines is 1. The van der Waals surface area contributed by atoms with Gasteiger partial charge < -0.3 is 20.5 Å². The second kappa shape index (κ2) is 5.77. The minimum Gasteiger partial charge on any atom is -0.490 e. The molecule has 1 atom stereocenters. The fourth-order valence-electron chi connectivity index (χ4n) is 1.65. The van der Waals surface area contributed by atoms with Crippen LogP contribution in [0.5, 0.6) is 11.5 Å². The monoisotopic (exact) mass is 236 g/mol. The van der Waals surface area contributed by atoms with Crippen LogP contribution in [0.3, 0.4) is 0 Å². The van der Waals surface area contributed by atoms with Gasteiger partial charge in [-0.2, -0.15) is 0 Å². The van der Waals surface area contributed by atoms with Crippen molar-refractivity contribution in [1.29, 1.82) is 0 Å². The fourth-order valence-corrected chi connectivity index (χ4v) is 1.65. The van der Waals surface area contributed by atoms with Gasteiger partial charge in [0.05, 0.1) is 13.2 Å². The lowest BCUT2D eigenvalue weighted by Crippen LogP contribution is -2.19. The fraction of sp³-hybridized carbons (Fsp3) is 0.538. The van der Waals surface area contributed by atoms with E-state index in [9.17, 15) is 0 Å². The predicted octanol–water partition coefficient (Wildman–Crippen LogP) is 1.85. The van der Waals surface area contributed by atoms with E-state index < -0.39 is 0 Å². The summed E-state index contributed by atoms with van der Waals surface area (Å²) >= 11 is 0. The van der Waals surface area contributed by atoms with Crippen LogP contribution < -0.4 is 20.5 Å². The van der Waals surface area contributed by atoms with Crippen LogP contribution in [0.25, 0.3) is 0 Å². The average Bonchev–Trinajstić information content (AvgIpc) is 2.60. The molecule has 0 amide bonds. The summed E-state index contributed by atoms with van der Waals surface area (Å²) in [6.07, 6.45) is 0.932. The van der Waals surface area contributed by atoms with Crippen LogP contribution in [0.2, 0.25) is 0 Å². The first kappa shape index (κ1) is 12.0. The summed E-state index contributed by atoms with van der Waals surface area (Å²) < 4.78 is 11.2. The average molecular weight is 236 g/mol. The first-order valence-electron chi connectivity index (χ1n) is 6.13. The molecule has 1 aliphatic heterocycles. The van der Waals surface area contributed by atoms with Crippen LogP contribution >= 0.6 is 0 Å².